The number of nitrogens with one attached hydrogen (secondary N) is 1. The van der Waals surface area contributed by atoms with Crippen LogP contribution in [0.5, 0.6) is 0 Å². The first-order chi connectivity index (χ1) is 6.92. The van der Waals surface area contributed by atoms with Crippen LogP contribution in [-0.2, 0) is 9.84 Å². The fraction of sp³-hybridized carbons (Fsp3) is 0.400. The summed E-state index contributed by atoms with van der Waals surface area (Å²) in [7, 11) is -1.21. The Balaban J connectivity index is 2.88. The first-order valence-corrected chi connectivity index (χ1v) is 7.38. The van der Waals surface area contributed by atoms with Crippen molar-refractivity contribution in [3.63, 3.8) is 0 Å². The molecule has 0 fully saturated rings. The highest BCUT2D eigenvalue weighted by molar-refractivity contribution is 9.10. The number of sulfone groups is 1. The quantitative estimate of drug-likeness (QED) is 0.919. The van der Waals surface area contributed by atoms with E-state index in [2.05, 4.69) is 21.2 Å². The Morgan fingerprint density at radius 1 is 1.33 bits per heavy atom. The third kappa shape index (κ3) is 4.32. The molecule has 1 N–H and O–H groups in total. The number of benzene rings is 1. The van der Waals surface area contributed by atoms with Gasteiger partial charge in [0.25, 0.3) is 0 Å². The number of rotatable bonds is 4. The van der Waals surface area contributed by atoms with E-state index in [4.69, 9.17) is 0 Å². The number of hydrogen-bond acceptors (Lipinski definition) is 3. The lowest BCUT2D eigenvalue weighted by Gasteiger charge is -2.15. The first kappa shape index (κ1) is 12.7. The Labute approximate surface area is 98.9 Å². The third-order valence-electron chi connectivity index (χ3n) is 2.09. The predicted molar refractivity (Wildman–Crippen MR) is 65.7 cm³/mol. The molecule has 15 heavy (non-hydrogen) atoms. The molecule has 84 valence electrons. The van der Waals surface area contributed by atoms with E-state index in [-0.39, 0.29) is 11.8 Å². The Morgan fingerprint density at radius 2 is 1.87 bits per heavy atom. The molecular weight excluding hydrogens is 278 g/mol. The van der Waals surface area contributed by atoms with Crippen molar-refractivity contribution in [3.8, 4) is 0 Å². The maximum atomic E-state index is 11.2. The van der Waals surface area contributed by atoms with Crippen molar-refractivity contribution in [2.24, 2.45) is 0 Å². The van der Waals surface area contributed by atoms with Crippen molar-refractivity contribution >= 4 is 25.8 Å². The van der Waals surface area contributed by atoms with E-state index >= 15 is 0 Å². The van der Waals surface area contributed by atoms with Gasteiger partial charge in [-0.15, -0.1) is 0 Å². The summed E-state index contributed by atoms with van der Waals surface area (Å²) in [6, 6.07) is 7.49. The zero-order valence-electron chi connectivity index (χ0n) is 8.70. The maximum absolute atomic E-state index is 11.2. The summed E-state index contributed by atoms with van der Waals surface area (Å²) in [6.07, 6.45) is 1.25. The fourth-order valence-corrected chi connectivity index (χ4v) is 2.57. The van der Waals surface area contributed by atoms with Gasteiger partial charge in [-0.1, -0.05) is 28.1 Å². The second kappa shape index (κ2) is 5.09. The van der Waals surface area contributed by atoms with Gasteiger partial charge >= 0.3 is 0 Å². The van der Waals surface area contributed by atoms with Crippen molar-refractivity contribution in [1.29, 1.82) is 0 Å². The van der Waals surface area contributed by atoms with Crippen LogP contribution in [0, 0.1) is 0 Å². The van der Waals surface area contributed by atoms with E-state index < -0.39 is 9.84 Å². The molecule has 0 amide bonds. The van der Waals surface area contributed by atoms with Crippen LogP contribution in [0.2, 0.25) is 0 Å². The molecule has 0 saturated heterocycles. The Hall–Kier alpha value is -0.390. The third-order valence-corrected chi connectivity index (χ3v) is 3.56. The lowest BCUT2D eigenvalue weighted by atomic mass is 10.1. The highest BCUT2D eigenvalue weighted by Gasteiger charge is 2.15. The minimum atomic E-state index is -2.97. The summed E-state index contributed by atoms with van der Waals surface area (Å²) in [4.78, 5) is 0. The first-order valence-electron chi connectivity index (χ1n) is 4.53. The molecule has 0 heterocycles. The molecule has 0 saturated carbocycles. The molecule has 1 atom stereocenters. The van der Waals surface area contributed by atoms with Crippen molar-refractivity contribution in [2.45, 2.75) is 6.04 Å². The topological polar surface area (TPSA) is 46.2 Å². The summed E-state index contributed by atoms with van der Waals surface area (Å²) in [5.74, 6) is 0.116. The largest absolute Gasteiger partial charge is 0.312 e. The molecule has 1 aromatic carbocycles. The van der Waals surface area contributed by atoms with Gasteiger partial charge in [0.1, 0.15) is 9.84 Å². The molecule has 0 aliphatic heterocycles. The van der Waals surface area contributed by atoms with Gasteiger partial charge < -0.3 is 5.32 Å². The Bertz CT molecular complexity index is 414. The second-order valence-electron chi connectivity index (χ2n) is 3.49. The van der Waals surface area contributed by atoms with E-state index in [0.29, 0.717) is 0 Å². The zero-order valence-corrected chi connectivity index (χ0v) is 11.1. The van der Waals surface area contributed by atoms with Crippen molar-refractivity contribution in [3.05, 3.63) is 34.3 Å². The summed E-state index contributed by atoms with van der Waals surface area (Å²) < 4.78 is 23.4. The molecule has 1 unspecified atom stereocenters. The molecule has 0 bridgehead atoms. The van der Waals surface area contributed by atoms with Crippen molar-refractivity contribution < 1.29 is 8.42 Å². The van der Waals surface area contributed by atoms with Crippen LogP contribution in [0.15, 0.2) is 28.7 Å². The van der Waals surface area contributed by atoms with Gasteiger partial charge in [-0.25, -0.2) is 8.42 Å². The molecule has 0 radical (unpaired) electrons. The highest BCUT2D eigenvalue weighted by Crippen LogP contribution is 2.17. The van der Waals surface area contributed by atoms with Crippen LogP contribution in [-0.4, -0.2) is 27.5 Å². The van der Waals surface area contributed by atoms with Crippen LogP contribution in [0.4, 0.5) is 0 Å². The molecule has 0 aromatic heterocycles. The molecule has 0 aliphatic rings. The molecule has 1 aromatic rings. The summed E-state index contributed by atoms with van der Waals surface area (Å²) in [5, 5.41) is 3.00. The van der Waals surface area contributed by atoms with Crippen molar-refractivity contribution in [1.82, 2.24) is 5.32 Å². The lowest BCUT2D eigenvalue weighted by Crippen LogP contribution is -2.24. The van der Waals surface area contributed by atoms with Gasteiger partial charge in [0, 0.05) is 16.8 Å². The van der Waals surface area contributed by atoms with Crippen molar-refractivity contribution in [2.75, 3.05) is 19.1 Å². The van der Waals surface area contributed by atoms with Gasteiger partial charge in [-0.05, 0) is 24.7 Å². The van der Waals surface area contributed by atoms with Gasteiger partial charge in [-0.3, -0.25) is 0 Å². The minimum absolute atomic E-state index is 0.116. The van der Waals surface area contributed by atoms with E-state index in [0.717, 1.165) is 10.0 Å². The Kier molecular flexibility index (Phi) is 4.31. The standard InChI is InChI=1S/C10H14BrNO2S/c1-12-10(7-15(2,13)14)8-3-5-9(11)6-4-8/h3-6,10,12H,7H2,1-2H3. The van der Waals surface area contributed by atoms with E-state index in [1.54, 1.807) is 7.05 Å². The predicted octanol–water partition coefficient (Wildman–Crippen LogP) is 1.75. The van der Waals surface area contributed by atoms with Crippen LogP contribution < -0.4 is 5.32 Å². The Morgan fingerprint density at radius 3 is 2.27 bits per heavy atom. The smallest absolute Gasteiger partial charge is 0.149 e. The van der Waals surface area contributed by atoms with Gasteiger partial charge in [0.15, 0.2) is 0 Å². The van der Waals surface area contributed by atoms with Crippen LogP contribution >= 0.6 is 15.9 Å². The molecule has 3 nitrogen and oxygen atoms in total. The SMILES string of the molecule is CNC(CS(C)(=O)=O)c1ccc(Br)cc1. The molecule has 5 heteroatoms. The second-order valence-corrected chi connectivity index (χ2v) is 6.59. The molecule has 0 spiro atoms. The van der Waals surface area contributed by atoms with Gasteiger partial charge in [0.05, 0.1) is 5.75 Å². The maximum Gasteiger partial charge on any atom is 0.149 e. The summed E-state index contributed by atoms with van der Waals surface area (Å²) in [5.41, 5.74) is 0.978. The van der Waals surface area contributed by atoms with Crippen LogP contribution in [0.25, 0.3) is 0 Å². The number of hydrogen-bond donors (Lipinski definition) is 1. The normalized spacial score (nSPS) is 13.8. The monoisotopic (exact) mass is 291 g/mol. The lowest BCUT2D eigenvalue weighted by molar-refractivity contribution is 0.579. The number of halogens is 1. The summed E-state index contributed by atoms with van der Waals surface area (Å²) >= 11 is 3.34. The average Bonchev–Trinajstić information content (AvgIpc) is 2.14. The molecule has 1 rings (SSSR count). The highest BCUT2D eigenvalue weighted by atomic mass is 79.9. The van der Waals surface area contributed by atoms with Gasteiger partial charge in [-0.2, -0.15) is 0 Å². The average molecular weight is 292 g/mol. The molecule has 0 aliphatic carbocycles. The zero-order chi connectivity index (χ0) is 11.5. The van der Waals surface area contributed by atoms with E-state index in [9.17, 15) is 8.42 Å². The van der Waals surface area contributed by atoms with E-state index in [1.165, 1.54) is 6.26 Å². The van der Waals surface area contributed by atoms with Crippen LogP contribution in [0.3, 0.4) is 0 Å². The molecular formula is C10H14BrNO2S. The van der Waals surface area contributed by atoms with E-state index in [1.807, 2.05) is 24.3 Å². The van der Waals surface area contributed by atoms with Gasteiger partial charge in [0.2, 0.25) is 0 Å². The summed E-state index contributed by atoms with van der Waals surface area (Å²) in [6.45, 7) is 0. The van der Waals surface area contributed by atoms with Crippen LogP contribution in [0.1, 0.15) is 11.6 Å². The minimum Gasteiger partial charge on any atom is -0.312 e. The fourth-order valence-electron chi connectivity index (χ4n) is 1.34.